The lowest BCUT2D eigenvalue weighted by Gasteiger charge is -2.22. The molecule has 0 spiro atoms. The Morgan fingerprint density at radius 3 is 2.53 bits per heavy atom. The van der Waals surface area contributed by atoms with Gasteiger partial charge >= 0.3 is 0 Å². The van der Waals surface area contributed by atoms with Crippen LogP contribution in [0.2, 0.25) is 10.0 Å². The van der Waals surface area contributed by atoms with Crippen LogP contribution in [0.3, 0.4) is 0 Å². The minimum absolute atomic E-state index is 0.00857. The fourth-order valence-corrected chi connectivity index (χ4v) is 4.48. The Balaban J connectivity index is 2.46. The van der Waals surface area contributed by atoms with Crippen molar-refractivity contribution >= 4 is 38.9 Å². The second-order valence-electron chi connectivity index (χ2n) is 4.62. The van der Waals surface area contributed by atoms with Gasteiger partial charge in [0.15, 0.2) is 0 Å². The molecule has 106 valence electrons. The van der Waals surface area contributed by atoms with Crippen LogP contribution in [0.1, 0.15) is 26.2 Å². The predicted molar refractivity (Wildman–Crippen MR) is 78.1 cm³/mol. The molecule has 1 saturated carbocycles. The topological polar surface area (TPSA) is 63.4 Å². The second-order valence-corrected chi connectivity index (χ2v) is 7.26. The fraction of sp³-hybridized carbons (Fsp3) is 0.500. The highest BCUT2D eigenvalue weighted by molar-refractivity contribution is 7.89. The van der Waals surface area contributed by atoms with Gasteiger partial charge in [-0.25, -0.2) is 8.42 Å². The normalized spacial score (nSPS) is 16.0. The van der Waals surface area contributed by atoms with Crippen molar-refractivity contribution in [2.24, 2.45) is 0 Å². The largest absolute Gasteiger partial charge is 0.396 e. The quantitative estimate of drug-likeness (QED) is 0.847. The van der Waals surface area contributed by atoms with E-state index in [4.69, 9.17) is 28.9 Å². The number of anilines is 1. The van der Waals surface area contributed by atoms with E-state index < -0.39 is 10.0 Å². The van der Waals surface area contributed by atoms with Crippen molar-refractivity contribution in [1.82, 2.24) is 4.31 Å². The van der Waals surface area contributed by atoms with Crippen LogP contribution in [0.5, 0.6) is 0 Å². The van der Waals surface area contributed by atoms with E-state index in [-0.39, 0.29) is 26.7 Å². The SMILES string of the molecule is CCCN(C1CC1)S(=O)(=O)c1ccc(Cl)c(N)c1Cl. The summed E-state index contributed by atoms with van der Waals surface area (Å²) in [4.78, 5) is 0.0383. The van der Waals surface area contributed by atoms with E-state index in [1.807, 2.05) is 6.92 Å². The molecule has 2 N–H and O–H groups in total. The van der Waals surface area contributed by atoms with Crippen LogP contribution in [-0.2, 0) is 10.0 Å². The highest BCUT2D eigenvalue weighted by Gasteiger charge is 2.38. The number of rotatable bonds is 5. The van der Waals surface area contributed by atoms with Crippen LogP contribution in [0.15, 0.2) is 17.0 Å². The molecule has 0 heterocycles. The molecular weight excluding hydrogens is 307 g/mol. The molecule has 1 aromatic rings. The molecule has 0 saturated heterocycles. The third kappa shape index (κ3) is 2.84. The second kappa shape index (κ2) is 5.48. The summed E-state index contributed by atoms with van der Waals surface area (Å²) in [5.74, 6) is 0. The van der Waals surface area contributed by atoms with E-state index in [2.05, 4.69) is 0 Å². The number of hydrogen-bond acceptors (Lipinski definition) is 3. The van der Waals surface area contributed by atoms with Gasteiger partial charge in [-0.3, -0.25) is 0 Å². The molecule has 0 bridgehead atoms. The monoisotopic (exact) mass is 322 g/mol. The first-order chi connectivity index (χ1) is 8.89. The van der Waals surface area contributed by atoms with Crippen LogP contribution in [0.25, 0.3) is 0 Å². The fourth-order valence-electron chi connectivity index (χ4n) is 1.96. The van der Waals surface area contributed by atoms with Crippen molar-refractivity contribution < 1.29 is 8.42 Å². The summed E-state index contributed by atoms with van der Waals surface area (Å²) >= 11 is 11.9. The van der Waals surface area contributed by atoms with Gasteiger partial charge in [-0.15, -0.1) is 0 Å². The van der Waals surface area contributed by atoms with Crippen molar-refractivity contribution in [3.63, 3.8) is 0 Å². The molecule has 1 aromatic carbocycles. The predicted octanol–water partition coefficient (Wildman–Crippen LogP) is 3.14. The first-order valence-electron chi connectivity index (χ1n) is 6.15. The first-order valence-corrected chi connectivity index (χ1v) is 8.34. The van der Waals surface area contributed by atoms with Crippen molar-refractivity contribution in [3.05, 3.63) is 22.2 Å². The Hall–Kier alpha value is -0.490. The van der Waals surface area contributed by atoms with E-state index in [1.54, 1.807) is 0 Å². The maximum atomic E-state index is 12.6. The average Bonchev–Trinajstić information content (AvgIpc) is 3.16. The Morgan fingerprint density at radius 1 is 1.37 bits per heavy atom. The standard InChI is InChI=1S/C12H16Cl2N2O2S/c1-2-7-16(8-3-4-8)19(17,18)10-6-5-9(13)12(15)11(10)14/h5-6,8H,2-4,7,15H2,1H3. The summed E-state index contributed by atoms with van der Waals surface area (Å²) in [5, 5.41) is 0.270. The van der Waals surface area contributed by atoms with Crippen LogP contribution >= 0.6 is 23.2 Å². The van der Waals surface area contributed by atoms with Crippen LogP contribution in [0.4, 0.5) is 5.69 Å². The number of halogens is 2. The summed E-state index contributed by atoms with van der Waals surface area (Å²) in [5.41, 5.74) is 5.81. The minimum atomic E-state index is -3.61. The Bertz CT molecular complexity index is 586. The van der Waals surface area contributed by atoms with Crippen LogP contribution in [-0.4, -0.2) is 25.3 Å². The Kier molecular flexibility index (Phi) is 4.30. The zero-order valence-corrected chi connectivity index (χ0v) is 12.9. The van der Waals surface area contributed by atoms with E-state index in [1.165, 1.54) is 16.4 Å². The molecule has 0 radical (unpaired) electrons. The van der Waals surface area contributed by atoms with Crippen molar-refractivity contribution in [2.45, 2.75) is 37.1 Å². The molecule has 0 amide bonds. The van der Waals surface area contributed by atoms with Crippen LogP contribution < -0.4 is 5.73 Å². The molecule has 0 aliphatic heterocycles. The number of nitrogens with zero attached hydrogens (tertiary/aromatic N) is 1. The molecule has 2 rings (SSSR count). The molecule has 1 aliphatic carbocycles. The van der Waals surface area contributed by atoms with Gasteiger partial charge in [0, 0.05) is 12.6 Å². The zero-order chi connectivity index (χ0) is 14.2. The number of sulfonamides is 1. The molecule has 1 aliphatic rings. The maximum absolute atomic E-state index is 12.6. The molecule has 0 unspecified atom stereocenters. The highest BCUT2D eigenvalue weighted by Crippen LogP contribution is 2.38. The lowest BCUT2D eigenvalue weighted by atomic mass is 10.3. The third-order valence-electron chi connectivity index (χ3n) is 3.08. The summed E-state index contributed by atoms with van der Waals surface area (Å²) in [6, 6.07) is 2.98. The summed E-state index contributed by atoms with van der Waals surface area (Å²) in [6.07, 6.45) is 2.57. The molecule has 1 fully saturated rings. The minimum Gasteiger partial charge on any atom is -0.396 e. The molecular formula is C12H16Cl2N2O2S. The van der Waals surface area contributed by atoms with Crippen molar-refractivity contribution in [3.8, 4) is 0 Å². The van der Waals surface area contributed by atoms with Gasteiger partial charge in [-0.2, -0.15) is 4.31 Å². The smallest absolute Gasteiger partial charge is 0.244 e. The number of benzene rings is 1. The molecule has 0 aromatic heterocycles. The van der Waals surface area contributed by atoms with E-state index in [9.17, 15) is 8.42 Å². The Morgan fingerprint density at radius 2 is 2.00 bits per heavy atom. The molecule has 4 nitrogen and oxygen atoms in total. The molecule has 0 atom stereocenters. The van der Waals surface area contributed by atoms with Gasteiger partial charge in [0.25, 0.3) is 0 Å². The lowest BCUT2D eigenvalue weighted by molar-refractivity contribution is 0.403. The number of hydrogen-bond donors (Lipinski definition) is 1. The van der Waals surface area contributed by atoms with Crippen molar-refractivity contribution in [2.75, 3.05) is 12.3 Å². The lowest BCUT2D eigenvalue weighted by Crippen LogP contribution is -2.34. The highest BCUT2D eigenvalue weighted by atomic mass is 35.5. The maximum Gasteiger partial charge on any atom is 0.244 e. The average molecular weight is 323 g/mol. The third-order valence-corrected chi connectivity index (χ3v) is 5.92. The van der Waals surface area contributed by atoms with Gasteiger partial charge in [0.1, 0.15) is 4.90 Å². The number of nitrogen functional groups attached to an aromatic ring is 1. The molecule has 7 heteroatoms. The van der Waals surface area contributed by atoms with Gasteiger partial charge in [0.05, 0.1) is 15.7 Å². The Labute approximate surface area is 123 Å². The van der Waals surface area contributed by atoms with Gasteiger partial charge in [-0.1, -0.05) is 30.1 Å². The molecule has 19 heavy (non-hydrogen) atoms. The van der Waals surface area contributed by atoms with E-state index >= 15 is 0 Å². The van der Waals surface area contributed by atoms with Crippen LogP contribution in [0, 0.1) is 0 Å². The summed E-state index contributed by atoms with van der Waals surface area (Å²) in [6.45, 7) is 2.44. The summed E-state index contributed by atoms with van der Waals surface area (Å²) < 4.78 is 26.8. The van der Waals surface area contributed by atoms with Gasteiger partial charge < -0.3 is 5.73 Å². The van der Waals surface area contributed by atoms with Gasteiger partial charge in [-0.05, 0) is 31.4 Å². The van der Waals surface area contributed by atoms with E-state index in [0.717, 1.165) is 19.3 Å². The first kappa shape index (κ1) is 14.9. The van der Waals surface area contributed by atoms with Gasteiger partial charge in [0.2, 0.25) is 10.0 Å². The van der Waals surface area contributed by atoms with E-state index in [0.29, 0.717) is 6.54 Å². The number of nitrogens with two attached hydrogens (primary N) is 1. The van der Waals surface area contributed by atoms with Crippen molar-refractivity contribution in [1.29, 1.82) is 0 Å². The summed E-state index contributed by atoms with van der Waals surface area (Å²) in [7, 11) is -3.61. The zero-order valence-electron chi connectivity index (χ0n) is 10.6.